The van der Waals surface area contributed by atoms with Crippen molar-refractivity contribution in [2.75, 3.05) is 26.2 Å². The van der Waals surface area contributed by atoms with E-state index >= 15 is 0 Å². The minimum absolute atomic E-state index is 0. The number of aryl methyl sites for hydroxylation is 2. The van der Waals surface area contributed by atoms with E-state index in [1.165, 1.54) is 50.1 Å². The molecular weight excluding hydrogens is 921 g/mol. The number of benzene rings is 8. The van der Waals surface area contributed by atoms with Gasteiger partial charge in [-0.2, -0.15) is 43.7 Å². The number of hydrogen-bond acceptors (Lipinski definition) is 4. The second-order valence-corrected chi connectivity index (χ2v) is 18.8. The largest absolute Gasteiger partial charge is 2.00 e. The van der Waals surface area contributed by atoms with Gasteiger partial charge in [0.25, 0.3) is 0 Å². The zero-order valence-electron chi connectivity index (χ0n) is 41.5. The van der Waals surface area contributed by atoms with Gasteiger partial charge >= 0.3 is 16.5 Å². The molecule has 6 nitrogen and oxygen atoms in total. The Hall–Kier alpha value is -7.28. The van der Waals surface area contributed by atoms with Crippen LogP contribution < -0.4 is 43.7 Å². The maximum atomic E-state index is 4.43. The minimum Gasteiger partial charge on any atom is -0.337 e. The van der Waals surface area contributed by atoms with Crippen LogP contribution in [0.25, 0.3) is 0 Å². The topological polar surface area (TPSA) is 42.1 Å². The van der Waals surface area contributed by atoms with Crippen LogP contribution >= 0.6 is 0 Å². The van der Waals surface area contributed by atoms with Crippen LogP contribution in [0.2, 0.25) is 0 Å². The summed E-state index contributed by atoms with van der Waals surface area (Å²) in [6.07, 6.45) is 6.55. The third-order valence-corrected chi connectivity index (χ3v) is 14.6. The number of imidazole rings is 2. The zero-order chi connectivity index (χ0) is 48.6. The van der Waals surface area contributed by atoms with E-state index < -0.39 is 12.3 Å². The molecule has 362 valence electrons. The molecule has 0 radical (unpaired) electrons. The fourth-order valence-corrected chi connectivity index (χ4v) is 11.1. The Morgan fingerprint density at radius 1 is 0.319 bits per heavy atom. The maximum Gasteiger partial charge on any atom is 2.00 e. The van der Waals surface area contributed by atoms with Crippen molar-refractivity contribution < 1.29 is 16.5 Å². The molecule has 10 aromatic rings. The van der Waals surface area contributed by atoms with E-state index in [2.05, 4.69) is 286 Å². The fourth-order valence-electron chi connectivity index (χ4n) is 11.1. The molecule has 0 atom stereocenters. The summed E-state index contributed by atoms with van der Waals surface area (Å²) in [6, 6.07) is 87.1. The van der Waals surface area contributed by atoms with Crippen LogP contribution in [0, 0.1) is 0 Å². The summed E-state index contributed by atoms with van der Waals surface area (Å²) in [5, 5.41) is 0. The fraction of sp³-hybridized carbons (Fsp3) is 0.143. The molecule has 0 amide bonds. The van der Waals surface area contributed by atoms with Crippen molar-refractivity contribution in [2.24, 2.45) is 14.1 Å². The Morgan fingerprint density at radius 3 is 0.708 bits per heavy atom. The molecule has 3 heterocycles. The predicted octanol–water partition coefficient (Wildman–Crippen LogP) is 6.99. The summed E-state index contributed by atoms with van der Waals surface area (Å²) < 4.78 is 4.22. The van der Waals surface area contributed by atoms with Crippen LogP contribution in [0.15, 0.2) is 267 Å². The van der Waals surface area contributed by atoms with Crippen molar-refractivity contribution in [3.8, 4) is 0 Å². The Balaban J connectivity index is 0.000000144. The van der Waals surface area contributed by atoms with Crippen molar-refractivity contribution >= 4 is 56.0 Å². The van der Waals surface area contributed by atoms with Gasteiger partial charge in [0.05, 0.1) is 13.1 Å². The third kappa shape index (κ3) is 11.6. The van der Waals surface area contributed by atoms with Crippen molar-refractivity contribution in [2.45, 2.75) is 19.5 Å². The van der Waals surface area contributed by atoms with Gasteiger partial charge in [0.2, 0.25) is 0 Å². The normalized spacial score (nSPS) is 13.0. The van der Waals surface area contributed by atoms with E-state index in [0.717, 1.165) is 50.9 Å². The first-order chi connectivity index (χ1) is 35.1. The smallest absolute Gasteiger partial charge is 0.337 e. The summed E-state index contributed by atoms with van der Waals surface area (Å²) in [5.74, 6) is 2.29. The standard InChI is InChI=1S/2C24H20B.C15H24N6.Ni/c2*1-5-13-21(14-6-1)25(22-15-7-2-8-16-22,23-17-9-3-10-18-23)24-19-11-4-12-20-24;1-18-8-4-16-14(18)12-20-6-3-7-21(11-10-20)13-15-17-5-9-19(15)2;/h2*1-20H;4-5,8-9H,3,6-7,10-13H2,1-2H3;/q2*-1;;+2. The second-order valence-electron chi connectivity index (χ2n) is 18.8. The van der Waals surface area contributed by atoms with Gasteiger partial charge in [-0.25, -0.2) is 9.97 Å². The molecule has 9 heteroatoms. The van der Waals surface area contributed by atoms with Crippen LogP contribution in [0.1, 0.15) is 18.1 Å². The summed E-state index contributed by atoms with van der Waals surface area (Å²) >= 11 is 0. The molecule has 8 aromatic carbocycles. The van der Waals surface area contributed by atoms with Crippen molar-refractivity contribution in [3.05, 3.63) is 279 Å². The van der Waals surface area contributed by atoms with Crippen LogP contribution in [0.5, 0.6) is 0 Å². The summed E-state index contributed by atoms with van der Waals surface area (Å²) in [6.45, 7) is 6.36. The summed E-state index contributed by atoms with van der Waals surface area (Å²) in [7, 11) is 4.13. The Morgan fingerprint density at radius 2 is 0.528 bits per heavy atom. The average molecular weight is 986 g/mol. The molecule has 0 saturated carbocycles. The van der Waals surface area contributed by atoms with Crippen LogP contribution in [0.3, 0.4) is 0 Å². The zero-order valence-corrected chi connectivity index (χ0v) is 42.5. The number of nitrogens with zero attached hydrogens (tertiary/aromatic N) is 6. The molecule has 0 bridgehead atoms. The summed E-state index contributed by atoms with van der Waals surface area (Å²) in [4.78, 5) is 13.9. The molecule has 2 aromatic heterocycles. The first-order valence-electron chi connectivity index (χ1n) is 25.2. The molecule has 1 fully saturated rings. The molecule has 0 unspecified atom stereocenters. The van der Waals surface area contributed by atoms with Gasteiger partial charge < -0.3 is 9.13 Å². The Kier molecular flexibility index (Phi) is 17.9. The maximum absolute atomic E-state index is 4.43. The van der Waals surface area contributed by atoms with E-state index in [0.29, 0.717) is 0 Å². The molecule has 11 rings (SSSR count). The molecule has 72 heavy (non-hydrogen) atoms. The van der Waals surface area contributed by atoms with Crippen molar-refractivity contribution in [1.29, 1.82) is 0 Å². The molecular formula is C63H64B2N6Ni. The number of hydrogen-bond donors (Lipinski definition) is 0. The van der Waals surface area contributed by atoms with E-state index in [1.54, 1.807) is 0 Å². The van der Waals surface area contributed by atoms with E-state index in [4.69, 9.17) is 0 Å². The van der Waals surface area contributed by atoms with Gasteiger partial charge in [-0.3, -0.25) is 9.80 Å². The van der Waals surface area contributed by atoms with Gasteiger partial charge in [0, 0.05) is 52.0 Å². The average Bonchev–Trinajstić information content (AvgIpc) is 3.98. The third-order valence-electron chi connectivity index (χ3n) is 14.6. The van der Waals surface area contributed by atoms with Crippen LogP contribution in [0.4, 0.5) is 0 Å². The van der Waals surface area contributed by atoms with E-state index in [9.17, 15) is 0 Å². The SMILES string of the molecule is Cn1ccnc1CN1CCCN(Cc2nccn2C)CC1.[Ni+2].c1ccc([B-](c2ccccc2)(c2ccccc2)c2ccccc2)cc1.c1ccc([B-](c2ccccc2)(c2ccccc2)c2ccccc2)cc1. The quantitative estimate of drug-likeness (QED) is 0.124. The minimum atomic E-state index is -1.22. The van der Waals surface area contributed by atoms with Crippen molar-refractivity contribution in [3.63, 3.8) is 0 Å². The van der Waals surface area contributed by atoms with Crippen LogP contribution in [-0.2, 0) is 43.7 Å². The van der Waals surface area contributed by atoms with Gasteiger partial charge in [-0.05, 0) is 19.5 Å². The molecule has 0 N–H and O–H groups in total. The number of rotatable bonds is 12. The van der Waals surface area contributed by atoms with Crippen LogP contribution in [-0.4, -0.2) is 67.4 Å². The first kappa shape index (κ1) is 51.1. The number of aromatic nitrogens is 4. The van der Waals surface area contributed by atoms with Gasteiger partial charge in [0.1, 0.15) is 23.9 Å². The first-order valence-corrected chi connectivity index (χ1v) is 25.2. The van der Waals surface area contributed by atoms with E-state index in [1.807, 2.05) is 24.8 Å². The Labute approximate surface area is 437 Å². The molecule has 0 aliphatic carbocycles. The molecule has 1 aliphatic heterocycles. The molecule has 0 spiro atoms. The second kappa shape index (κ2) is 25.2. The van der Waals surface area contributed by atoms with E-state index in [-0.39, 0.29) is 16.5 Å². The van der Waals surface area contributed by atoms with Gasteiger partial charge in [-0.15, -0.1) is 0 Å². The molecule has 1 aliphatic rings. The molecule has 1 saturated heterocycles. The van der Waals surface area contributed by atoms with Gasteiger partial charge in [0.15, 0.2) is 0 Å². The van der Waals surface area contributed by atoms with Crippen molar-refractivity contribution in [1.82, 2.24) is 28.9 Å². The summed E-state index contributed by atoms with van der Waals surface area (Å²) in [5.41, 5.74) is 10.7. The Bertz CT molecular complexity index is 2550. The van der Waals surface area contributed by atoms with Gasteiger partial charge in [-0.1, -0.05) is 243 Å². The monoisotopic (exact) mass is 984 g/mol. The predicted molar refractivity (Wildman–Crippen MR) is 302 cm³/mol.